The van der Waals surface area contributed by atoms with Crippen molar-refractivity contribution >= 4 is 22.0 Å². The number of carbonyl (C=O) groups excluding carboxylic acids is 1. The number of nitrogens with zero attached hydrogens (tertiary/aromatic N) is 1. The van der Waals surface area contributed by atoms with Gasteiger partial charge in [0.05, 0.1) is 6.26 Å². The van der Waals surface area contributed by atoms with E-state index in [1.54, 1.807) is 6.08 Å². The van der Waals surface area contributed by atoms with Gasteiger partial charge in [-0.3, -0.25) is 9.69 Å². The van der Waals surface area contributed by atoms with Crippen LogP contribution in [0.1, 0.15) is 41.9 Å². The maximum atomic E-state index is 11.6. The highest BCUT2D eigenvalue weighted by molar-refractivity contribution is 7.89. The first kappa shape index (κ1) is 22.7. The van der Waals surface area contributed by atoms with Crippen LogP contribution in [0.4, 0.5) is 0 Å². The number of carbonyl (C=O) groups is 1. The highest BCUT2D eigenvalue weighted by Crippen LogP contribution is 2.41. The van der Waals surface area contributed by atoms with Gasteiger partial charge < -0.3 is 5.32 Å². The second kappa shape index (κ2) is 9.98. The lowest BCUT2D eigenvalue weighted by Gasteiger charge is -2.32. The number of rotatable bonds is 8. The van der Waals surface area contributed by atoms with Crippen molar-refractivity contribution in [2.45, 2.75) is 43.8 Å². The van der Waals surface area contributed by atoms with Crippen molar-refractivity contribution in [1.29, 1.82) is 0 Å². The number of likely N-dealkylation sites (tertiary alicyclic amines) is 1. The zero-order chi connectivity index (χ0) is 22.6. The molecule has 6 nitrogen and oxygen atoms in total. The van der Waals surface area contributed by atoms with Crippen LogP contribution in [0.25, 0.3) is 6.08 Å². The molecule has 1 aliphatic heterocycles. The van der Waals surface area contributed by atoms with Gasteiger partial charge in [-0.25, -0.2) is 13.1 Å². The summed E-state index contributed by atoms with van der Waals surface area (Å²) in [7, 11) is -3.53. The Hall–Kier alpha value is -2.48. The number of hydrogen-bond donors (Lipinski definition) is 2. The van der Waals surface area contributed by atoms with E-state index < -0.39 is 15.9 Å². The van der Waals surface area contributed by atoms with Gasteiger partial charge in [0.2, 0.25) is 10.0 Å². The highest BCUT2D eigenvalue weighted by atomic mass is 32.2. The molecule has 1 amide bonds. The summed E-state index contributed by atoms with van der Waals surface area (Å²) < 4.78 is 24.0. The summed E-state index contributed by atoms with van der Waals surface area (Å²) in [5.41, 5.74) is 3.55. The van der Waals surface area contributed by atoms with E-state index >= 15 is 0 Å². The summed E-state index contributed by atoms with van der Waals surface area (Å²) in [5.74, 6) is 0.0357. The molecule has 2 atom stereocenters. The fraction of sp³-hybridized carbons (Fsp3) is 0.400. The average molecular weight is 454 g/mol. The number of nitrogens with one attached hydrogen (secondary N) is 2. The predicted octanol–water partition coefficient (Wildman–Crippen LogP) is 2.89. The van der Waals surface area contributed by atoms with Crippen molar-refractivity contribution < 1.29 is 13.2 Å². The number of piperidine rings is 1. The summed E-state index contributed by atoms with van der Waals surface area (Å²) in [4.78, 5) is 14.1. The Balaban J connectivity index is 1.19. The Morgan fingerprint density at radius 3 is 2.41 bits per heavy atom. The third-order valence-electron chi connectivity index (χ3n) is 6.15. The first-order chi connectivity index (χ1) is 15.4. The molecule has 2 unspecified atom stereocenters. The number of benzene rings is 2. The molecule has 1 aliphatic carbocycles. The standard InChI is InChI=1S/C25H31N3O3S/c1-32(30,31)27-25(29)12-11-19-7-9-20(10-8-19)18-28-15-13-22(14-16-28)26-24-17-23(24)21-5-3-2-4-6-21/h2-12,22-24,26H,13-18H2,1H3,(H,27,29)/b12-11+. The molecule has 1 saturated carbocycles. The van der Waals surface area contributed by atoms with Crippen LogP contribution in [-0.2, 0) is 21.4 Å². The molecule has 0 aromatic heterocycles. The second-order valence-electron chi connectivity index (χ2n) is 8.89. The lowest BCUT2D eigenvalue weighted by molar-refractivity contribution is -0.114. The SMILES string of the molecule is CS(=O)(=O)NC(=O)/C=C/c1ccc(CN2CCC(NC3CC3c3ccccc3)CC2)cc1. The molecule has 2 aromatic carbocycles. The topological polar surface area (TPSA) is 78.5 Å². The predicted molar refractivity (Wildman–Crippen MR) is 127 cm³/mol. The third-order valence-corrected chi connectivity index (χ3v) is 6.73. The smallest absolute Gasteiger partial charge is 0.257 e. The molecule has 2 N–H and O–H groups in total. The van der Waals surface area contributed by atoms with Crippen molar-refractivity contribution in [2.24, 2.45) is 0 Å². The minimum absolute atomic E-state index is 0.607. The zero-order valence-electron chi connectivity index (χ0n) is 18.4. The second-order valence-corrected chi connectivity index (χ2v) is 10.6. The van der Waals surface area contributed by atoms with E-state index in [0.717, 1.165) is 31.5 Å². The van der Waals surface area contributed by atoms with Crippen molar-refractivity contribution in [2.75, 3.05) is 19.3 Å². The van der Waals surface area contributed by atoms with Crippen LogP contribution in [0.3, 0.4) is 0 Å². The minimum atomic E-state index is -3.53. The Labute approximate surface area is 190 Å². The minimum Gasteiger partial charge on any atom is -0.311 e. The Bertz CT molecular complexity index is 1040. The largest absolute Gasteiger partial charge is 0.311 e. The fourth-order valence-electron chi connectivity index (χ4n) is 4.39. The average Bonchev–Trinajstić information content (AvgIpc) is 3.53. The van der Waals surface area contributed by atoms with Crippen LogP contribution < -0.4 is 10.0 Å². The van der Waals surface area contributed by atoms with Crippen molar-refractivity contribution in [3.8, 4) is 0 Å². The molecule has 2 aromatic rings. The van der Waals surface area contributed by atoms with E-state index in [9.17, 15) is 13.2 Å². The quantitative estimate of drug-likeness (QED) is 0.601. The molecule has 2 aliphatic rings. The van der Waals surface area contributed by atoms with Gasteiger partial charge in [0.15, 0.2) is 0 Å². The Morgan fingerprint density at radius 2 is 1.75 bits per heavy atom. The van der Waals surface area contributed by atoms with Crippen LogP contribution in [0.15, 0.2) is 60.7 Å². The summed E-state index contributed by atoms with van der Waals surface area (Å²) in [6.45, 7) is 3.10. The van der Waals surface area contributed by atoms with Gasteiger partial charge in [0.1, 0.15) is 0 Å². The number of hydrogen-bond acceptors (Lipinski definition) is 5. The van der Waals surface area contributed by atoms with Gasteiger partial charge in [0, 0.05) is 30.6 Å². The molecule has 0 bridgehead atoms. The molecule has 170 valence electrons. The van der Waals surface area contributed by atoms with Crippen LogP contribution in [-0.4, -0.2) is 50.7 Å². The normalized spacial score (nSPS) is 22.2. The van der Waals surface area contributed by atoms with Crippen LogP contribution >= 0.6 is 0 Å². The third kappa shape index (κ3) is 6.76. The molecule has 32 heavy (non-hydrogen) atoms. The van der Waals surface area contributed by atoms with Gasteiger partial charge >= 0.3 is 0 Å². The van der Waals surface area contributed by atoms with E-state index in [2.05, 4.69) is 52.7 Å². The molecule has 0 spiro atoms. The van der Waals surface area contributed by atoms with Gasteiger partial charge in [-0.1, -0.05) is 54.6 Å². The summed E-state index contributed by atoms with van der Waals surface area (Å²) in [5, 5.41) is 3.87. The van der Waals surface area contributed by atoms with Crippen molar-refractivity contribution in [3.63, 3.8) is 0 Å². The lowest BCUT2D eigenvalue weighted by atomic mass is 10.0. The maximum Gasteiger partial charge on any atom is 0.257 e. The van der Waals surface area contributed by atoms with E-state index in [4.69, 9.17) is 0 Å². The molecule has 1 saturated heterocycles. The highest BCUT2D eigenvalue weighted by Gasteiger charge is 2.39. The Kier molecular flexibility index (Phi) is 7.08. The molecule has 1 heterocycles. The van der Waals surface area contributed by atoms with E-state index in [-0.39, 0.29) is 0 Å². The van der Waals surface area contributed by atoms with Crippen LogP contribution in [0.5, 0.6) is 0 Å². The maximum absolute atomic E-state index is 11.6. The summed E-state index contributed by atoms with van der Waals surface area (Å²) >= 11 is 0. The number of amides is 1. The molecular weight excluding hydrogens is 422 g/mol. The number of sulfonamides is 1. The van der Waals surface area contributed by atoms with Crippen LogP contribution in [0, 0.1) is 0 Å². The van der Waals surface area contributed by atoms with Gasteiger partial charge in [-0.05, 0) is 55.1 Å². The molecule has 2 fully saturated rings. The van der Waals surface area contributed by atoms with Gasteiger partial charge in [-0.2, -0.15) is 0 Å². The van der Waals surface area contributed by atoms with E-state index in [1.165, 1.54) is 36.5 Å². The Morgan fingerprint density at radius 1 is 1.06 bits per heavy atom. The summed E-state index contributed by atoms with van der Waals surface area (Å²) in [6.07, 6.45) is 7.40. The molecule has 4 rings (SSSR count). The van der Waals surface area contributed by atoms with Gasteiger partial charge in [-0.15, -0.1) is 0 Å². The van der Waals surface area contributed by atoms with E-state index in [0.29, 0.717) is 18.0 Å². The van der Waals surface area contributed by atoms with Gasteiger partial charge in [0.25, 0.3) is 5.91 Å². The van der Waals surface area contributed by atoms with Crippen molar-refractivity contribution in [3.05, 3.63) is 77.4 Å². The van der Waals surface area contributed by atoms with Crippen LogP contribution in [0.2, 0.25) is 0 Å². The summed E-state index contributed by atoms with van der Waals surface area (Å²) in [6, 6.07) is 20.1. The molecule has 0 radical (unpaired) electrons. The van der Waals surface area contributed by atoms with Crippen molar-refractivity contribution in [1.82, 2.24) is 14.9 Å². The monoisotopic (exact) mass is 453 g/mol. The first-order valence-corrected chi connectivity index (χ1v) is 13.1. The molecular formula is C25H31N3O3S. The molecule has 7 heteroatoms. The zero-order valence-corrected chi connectivity index (χ0v) is 19.2. The fourth-order valence-corrected chi connectivity index (χ4v) is 4.82. The first-order valence-electron chi connectivity index (χ1n) is 11.2. The lowest BCUT2D eigenvalue weighted by Crippen LogP contribution is -2.43. The van der Waals surface area contributed by atoms with E-state index in [1.807, 2.05) is 16.9 Å².